The van der Waals surface area contributed by atoms with Gasteiger partial charge in [-0.3, -0.25) is 9.59 Å². The number of amides is 2. The van der Waals surface area contributed by atoms with Crippen LogP contribution in [-0.2, 0) is 4.79 Å². The molecule has 2 amide bonds. The number of fused-ring (bicyclic) bond motifs is 1. The van der Waals surface area contributed by atoms with Gasteiger partial charge < -0.3 is 15.2 Å². The molecule has 5 nitrogen and oxygen atoms in total. The van der Waals surface area contributed by atoms with E-state index in [-0.39, 0.29) is 17.9 Å². The number of nitrogens with one attached hydrogen (secondary N) is 2. The van der Waals surface area contributed by atoms with Gasteiger partial charge in [-0.2, -0.15) is 0 Å². The summed E-state index contributed by atoms with van der Waals surface area (Å²) < 4.78 is 0. The minimum absolute atomic E-state index is 0.0962. The van der Waals surface area contributed by atoms with Crippen molar-refractivity contribution >= 4 is 34.5 Å². The monoisotopic (exact) mass is 289 g/mol. The highest BCUT2D eigenvalue weighted by Gasteiger charge is 2.35. The van der Waals surface area contributed by atoms with Gasteiger partial charge in [-0.15, -0.1) is 11.8 Å². The molecule has 2 heterocycles. The predicted octanol–water partition coefficient (Wildman–Crippen LogP) is 1.43. The number of rotatable bonds is 2. The van der Waals surface area contributed by atoms with Gasteiger partial charge in [-0.05, 0) is 6.07 Å². The number of hydrogen-bond acceptors (Lipinski definition) is 3. The second-order valence-electron chi connectivity index (χ2n) is 4.65. The zero-order valence-electron chi connectivity index (χ0n) is 11.1. The summed E-state index contributed by atoms with van der Waals surface area (Å²) in [6.07, 6.45) is 1.72. The van der Waals surface area contributed by atoms with Crippen molar-refractivity contribution in [3.8, 4) is 0 Å². The van der Waals surface area contributed by atoms with E-state index >= 15 is 0 Å². The number of H-pyrrole nitrogens is 1. The van der Waals surface area contributed by atoms with Crippen molar-refractivity contribution in [2.24, 2.45) is 0 Å². The highest BCUT2D eigenvalue weighted by molar-refractivity contribution is 7.99. The summed E-state index contributed by atoms with van der Waals surface area (Å²) in [5.41, 5.74) is 1.55. The number of benzene rings is 1. The van der Waals surface area contributed by atoms with Crippen molar-refractivity contribution in [1.82, 2.24) is 15.2 Å². The first-order valence-electron chi connectivity index (χ1n) is 6.39. The van der Waals surface area contributed by atoms with Gasteiger partial charge >= 0.3 is 0 Å². The average molecular weight is 289 g/mol. The fourth-order valence-corrected chi connectivity index (χ4v) is 3.58. The number of aromatic amines is 1. The van der Waals surface area contributed by atoms with Crippen LogP contribution >= 0.6 is 11.8 Å². The molecule has 0 bridgehead atoms. The van der Waals surface area contributed by atoms with E-state index in [0.29, 0.717) is 17.2 Å². The topological polar surface area (TPSA) is 65.2 Å². The molecule has 0 radical (unpaired) electrons. The van der Waals surface area contributed by atoms with Gasteiger partial charge in [0, 0.05) is 29.9 Å². The molecule has 20 heavy (non-hydrogen) atoms. The molecule has 1 aromatic heterocycles. The molecule has 1 fully saturated rings. The molecule has 0 spiro atoms. The van der Waals surface area contributed by atoms with Crippen LogP contribution < -0.4 is 5.32 Å². The number of thioether (sulfide) groups is 1. The number of nitrogens with zero attached hydrogens (tertiary/aromatic N) is 1. The molecule has 1 aromatic carbocycles. The van der Waals surface area contributed by atoms with Crippen molar-refractivity contribution in [1.29, 1.82) is 0 Å². The third kappa shape index (κ3) is 2.06. The number of carbonyl (C=O) groups is 2. The Labute approximate surface area is 120 Å². The van der Waals surface area contributed by atoms with Gasteiger partial charge in [0.15, 0.2) is 0 Å². The van der Waals surface area contributed by atoms with Crippen LogP contribution in [0, 0.1) is 0 Å². The molecule has 2 aromatic rings. The summed E-state index contributed by atoms with van der Waals surface area (Å²) in [6.45, 7) is 0. The normalized spacial score (nSPS) is 18.4. The number of para-hydroxylation sites is 1. The van der Waals surface area contributed by atoms with Crippen LogP contribution in [0.4, 0.5) is 0 Å². The predicted molar refractivity (Wildman–Crippen MR) is 79.6 cm³/mol. The lowest BCUT2D eigenvalue weighted by Crippen LogP contribution is -2.46. The molecular weight excluding hydrogens is 274 g/mol. The summed E-state index contributed by atoms with van der Waals surface area (Å²) in [5.74, 6) is 0.994. The fourth-order valence-electron chi connectivity index (χ4n) is 2.43. The molecule has 3 rings (SSSR count). The van der Waals surface area contributed by atoms with Crippen LogP contribution in [0.1, 0.15) is 10.4 Å². The number of hydrogen-bond donors (Lipinski definition) is 2. The van der Waals surface area contributed by atoms with Crippen LogP contribution in [0.25, 0.3) is 10.9 Å². The molecule has 0 aliphatic carbocycles. The van der Waals surface area contributed by atoms with E-state index < -0.39 is 0 Å². The lowest BCUT2D eigenvalue weighted by Gasteiger charge is -2.22. The number of likely N-dealkylation sites (N-methyl/N-ethyl adjacent to an activating group) is 1. The Balaban J connectivity index is 1.94. The molecular formula is C14H15N3O2S. The molecule has 0 saturated carbocycles. The molecule has 1 saturated heterocycles. The number of carbonyl (C=O) groups excluding carboxylic acids is 2. The van der Waals surface area contributed by atoms with Crippen LogP contribution in [0.3, 0.4) is 0 Å². The Morgan fingerprint density at radius 2 is 2.20 bits per heavy atom. The molecule has 6 heteroatoms. The van der Waals surface area contributed by atoms with Crippen LogP contribution in [0.5, 0.6) is 0 Å². The Morgan fingerprint density at radius 3 is 3.00 bits per heavy atom. The maximum absolute atomic E-state index is 12.7. The smallest absolute Gasteiger partial charge is 0.257 e. The molecule has 1 atom stereocenters. The second kappa shape index (κ2) is 5.20. The van der Waals surface area contributed by atoms with E-state index in [4.69, 9.17) is 0 Å². The van der Waals surface area contributed by atoms with Gasteiger partial charge in [0.25, 0.3) is 5.91 Å². The quantitative estimate of drug-likeness (QED) is 0.879. The molecule has 104 valence electrons. The van der Waals surface area contributed by atoms with Crippen molar-refractivity contribution in [3.05, 3.63) is 36.0 Å². The first kappa shape index (κ1) is 13.1. The Morgan fingerprint density at radius 1 is 1.40 bits per heavy atom. The van der Waals surface area contributed by atoms with Gasteiger partial charge in [0.2, 0.25) is 5.91 Å². The first-order chi connectivity index (χ1) is 9.72. The van der Waals surface area contributed by atoms with Crippen molar-refractivity contribution in [3.63, 3.8) is 0 Å². The van der Waals surface area contributed by atoms with Crippen molar-refractivity contribution in [2.75, 3.05) is 18.7 Å². The molecule has 1 aliphatic rings. The maximum atomic E-state index is 12.7. The fraction of sp³-hybridized carbons (Fsp3) is 0.286. The van der Waals surface area contributed by atoms with E-state index in [9.17, 15) is 9.59 Å². The van der Waals surface area contributed by atoms with Crippen LogP contribution in [-0.4, -0.2) is 46.4 Å². The van der Waals surface area contributed by atoms with E-state index in [1.807, 2.05) is 24.3 Å². The first-order valence-corrected chi connectivity index (χ1v) is 7.54. The van der Waals surface area contributed by atoms with Gasteiger partial charge in [0.1, 0.15) is 6.04 Å². The zero-order valence-corrected chi connectivity index (χ0v) is 11.9. The Hall–Kier alpha value is -1.95. The minimum atomic E-state index is -0.383. The third-order valence-corrected chi connectivity index (χ3v) is 4.52. The zero-order chi connectivity index (χ0) is 14.1. The van der Waals surface area contributed by atoms with Gasteiger partial charge in [0.05, 0.1) is 11.4 Å². The highest BCUT2D eigenvalue weighted by atomic mass is 32.2. The lowest BCUT2D eigenvalue weighted by molar-refractivity contribution is -0.123. The molecule has 1 unspecified atom stereocenters. The largest absolute Gasteiger partial charge is 0.360 e. The van der Waals surface area contributed by atoms with Crippen molar-refractivity contribution in [2.45, 2.75) is 6.04 Å². The average Bonchev–Trinajstić information content (AvgIpc) is 3.12. The summed E-state index contributed by atoms with van der Waals surface area (Å²) in [6, 6.07) is 7.29. The maximum Gasteiger partial charge on any atom is 0.257 e. The summed E-state index contributed by atoms with van der Waals surface area (Å²) >= 11 is 1.60. The molecule has 1 aliphatic heterocycles. The van der Waals surface area contributed by atoms with Crippen LogP contribution in [0.2, 0.25) is 0 Å². The number of aromatic nitrogens is 1. The van der Waals surface area contributed by atoms with Gasteiger partial charge in [-0.25, -0.2) is 0 Å². The van der Waals surface area contributed by atoms with E-state index in [1.165, 1.54) is 0 Å². The van der Waals surface area contributed by atoms with Crippen molar-refractivity contribution < 1.29 is 9.59 Å². The third-order valence-electron chi connectivity index (χ3n) is 3.51. The van der Waals surface area contributed by atoms with E-state index in [0.717, 1.165) is 10.9 Å². The highest BCUT2D eigenvalue weighted by Crippen LogP contribution is 2.26. The van der Waals surface area contributed by atoms with E-state index in [2.05, 4.69) is 10.3 Å². The standard InChI is InChI=1S/C14H15N3O2S/c1-15-13(18)12-7-20-8-17(12)14(19)10-6-16-11-5-3-2-4-9(10)11/h2-6,12,16H,7-8H2,1H3,(H,15,18). The summed E-state index contributed by atoms with van der Waals surface area (Å²) in [5, 5.41) is 3.51. The second-order valence-corrected chi connectivity index (χ2v) is 5.65. The summed E-state index contributed by atoms with van der Waals surface area (Å²) in [7, 11) is 1.60. The Bertz CT molecular complexity index is 667. The minimum Gasteiger partial charge on any atom is -0.360 e. The summed E-state index contributed by atoms with van der Waals surface area (Å²) in [4.78, 5) is 29.2. The SMILES string of the molecule is CNC(=O)C1CSCN1C(=O)c1c[nH]c2ccccc12. The van der Waals surface area contributed by atoms with Crippen LogP contribution in [0.15, 0.2) is 30.5 Å². The molecule has 2 N–H and O–H groups in total. The van der Waals surface area contributed by atoms with Gasteiger partial charge in [-0.1, -0.05) is 18.2 Å². The Kier molecular flexibility index (Phi) is 3.40. The lowest BCUT2D eigenvalue weighted by atomic mass is 10.1. The van der Waals surface area contributed by atoms with E-state index in [1.54, 1.807) is 29.9 Å².